The Kier molecular flexibility index (Phi) is 4.83. The normalized spacial score (nSPS) is 15.2. The number of aryl methyl sites for hydroxylation is 1. The van der Waals surface area contributed by atoms with E-state index in [9.17, 15) is 18.0 Å². The number of ether oxygens (including phenoxy) is 1. The number of carbonyl (C=O) groups is 1. The van der Waals surface area contributed by atoms with Crippen LogP contribution < -0.4 is 0 Å². The van der Waals surface area contributed by atoms with Gasteiger partial charge in [0.15, 0.2) is 0 Å². The second kappa shape index (κ2) is 6.61. The van der Waals surface area contributed by atoms with Crippen molar-refractivity contribution in [2.24, 2.45) is 0 Å². The minimum absolute atomic E-state index is 0.116. The molecule has 0 radical (unpaired) electrons. The summed E-state index contributed by atoms with van der Waals surface area (Å²) in [5.74, 6) is -0.437. The van der Waals surface area contributed by atoms with Gasteiger partial charge in [0.05, 0.1) is 0 Å². The van der Waals surface area contributed by atoms with Crippen LogP contribution in [-0.2, 0) is 16.0 Å². The minimum atomic E-state index is -2.99. The molecule has 5 heteroatoms. The van der Waals surface area contributed by atoms with E-state index in [-0.39, 0.29) is 17.1 Å². The number of halogens is 3. The van der Waals surface area contributed by atoms with Crippen LogP contribution in [0.25, 0.3) is 0 Å². The first-order valence-electron chi connectivity index (χ1n) is 6.58. The van der Waals surface area contributed by atoms with Gasteiger partial charge < -0.3 is 4.74 Å². The van der Waals surface area contributed by atoms with Crippen molar-refractivity contribution >= 4 is 6.29 Å². The van der Waals surface area contributed by atoms with Crippen LogP contribution in [0.3, 0.4) is 0 Å². The Hall–Kier alpha value is -2.04. The maximum atomic E-state index is 13.8. The predicted octanol–water partition coefficient (Wildman–Crippen LogP) is 4.09. The third-order valence-corrected chi connectivity index (χ3v) is 3.48. The summed E-state index contributed by atoms with van der Waals surface area (Å²) in [4.78, 5) is 10.9. The topological polar surface area (TPSA) is 26.3 Å². The van der Waals surface area contributed by atoms with Crippen LogP contribution in [0.15, 0.2) is 41.2 Å². The van der Waals surface area contributed by atoms with Crippen LogP contribution in [-0.4, -0.2) is 12.9 Å². The van der Waals surface area contributed by atoms with Gasteiger partial charge in [-0.1, -0.05) is 17.7 Å². The molecule has 0 spiro atoms. The number of hydrogen-bond acceptors (Lipinski definition) is 2. The summed E-state index contributed by atoms with van der Waals surface area (Å²) in [5, 5.41) is 0. The Labute approximate surface area is 120 Å². The van der Waals surface area contributed by atoms with E-state index in [0.717, 1.165) is 11.1 Å². The number of carbonyl (C=O) groups excluding carboxylic acids is 1. The highest BCUT2D eigenvalue weighted by Crippen LogP contribution is 2.28. The molecule has 0 saturated heterocycles. The molecule has 0 unspecified atom stereocenters. The fraction of sp³-hybridized carbons (Fsp3) is 0.312. The van der Waals surface area contributed by atoms with Crippen LogP contribution in [0, 0.1) is 12.7 Å². The summed E-state index contributed by atoms with van der Waals surface area (Å²) < 4.78 is 42.9. The van der Waals surface area contributed by atoms with Crippen LogP contribution in [0.1, 0.15) is 24.0 Å². The molecule has 0 bridgehead atoms. The van der Waals surface area contributed by atoms with Crippen molar-refractivity contribution in [2.75, 3.05) is 0 Å². The maximum absolute atomic E-state index is 13.8. The SMILES string of the molecule is Cc1cccc(F)c1CC1=CC(OC(F)F)=C(C=O)CC1. The second-order valence-electron chi connectivity index (χ2n) is 4.90. The first kappa shape index (κ1) is 15.4. The standard InChI is InChI=1S/C16H15F3O2/c1-10-3-2-4-14(17)13(10)7-11-5-6-12(9-20)15(8-11)21-16(18)19/h2-4,8-9,16H,5-7H2,1H3. The highest BCUT2D eigenvalue weighted by Gasteiger charge is 2.18. The molecule has 0 fully saturated rings. The summed E-state index contributed by atoms with van der Waals surface area (Å²) in [6.07, 6.45) is 3.12. The van der Waals surface area contributed by atoms with Gasteiger partial charge in [0.2, 0.25) is 0 Å². The Morgan fingerprint density at radius 3 is 2.71 bits per heavy atom. The van der Waals surface area contributed by atoms with E-state index in [0.29, 0.717) is 31.1 Å². The predicted molar refractivity (Wildman–Crippen MR) is 72.3 cm³/mol. The summed E-state index contributed by atoms with van der Waals surface area (Å²) in [6, 6.07) is 4.79. The molecule has 21 heavy (non-hydrogen) atoms. The molecule has 0 heterocycles. The summed E-state index contributed by atoms with van der Waals surface area (Å²) in [7, 11) is 0. The molecular weight excluding hydrogens is 281 g/mol. The van der Waals surface area contributed by atoms with Crippen LogP contribution >= 0.6 is 0 Å². The first-order valence-corrected chi connectivity index (χ1v) is 6.58. The van der Waals surface area contributed by atoms with Crippen molar-refractivity contribution in [3.05, 3.63) is 58.1 Å². The van der Waals surface area contributed by atoms with Gasteiger partial charge in [0.25, 0.3) is 0 Å². The van der Waals surface area contributed by atoms with Crippen molar-refractivity contribution in [2.45, 2.75) is 32.8 Å². The van der Waals surface area contributed by atoms with E-state index in [1.54, 1.807) is 19.1 Å². The molecule has 1 aromatic carbocycles. The van der Waals surface area contributed by atoms with Crippen molar-refractivity contribution in [1.82, 2.24) is 0 Å². The number of benzene rings is 1. The van der Waals surface area contributed by atoms with Crippen molar-refractivity contribution in [1.29, 1.82) is 0 Å². The second-order valence-corrected chi connectivity index (χ2v) is 4.90. The zero-order valence-electron chi connectivity index (χ0n) is 11.5. The minimum Gasteiger partial charge on any atom is -0.434 e. The number of rotatable bonds is 5. The Morgan fingerprint density at radius 2 is 2.10 bits per heavy atom. The number of hydrogen-bond donors (Lipinski definition) is 0. The fourth-order valence-electron chi connectivity index (χ4n) is 2.35. The molecule has 0 aromatic heterocycles. The molecule has 0 aliphatic heterocycles. The van der Waals surface area contributed by atoms with E-state index in [1.807, 2.05) is 0 Å². The van der Waals surface area contributed by atoms with E-state index in [2.05, 4.69) is 4.74 Å². The molecule has 0 saturated carbocycles. The summed E-state index contributed by atoms with van der Waals surface area (Å²) in [5.41, 5.74) is 2.32. The summed E-state index contributed by atoms with van der Waals surface area (Å²) in [6.45, 7) is -1.19. The lowest BCUT2D eigenvalue weighted by atomic mass is 9.91. The average molecular weight is 296 g/mol. The number of allylic oxidation sites excluding steroid dienone is 3. The van der Waals surface area contributed by atoms with E-state index in [1.165, 1.54) is 12.1 Å². The van der Waals surface area contributed by atoms with Crippen molar-refractivity contribution in [3.63, 3.8) is 0 Å². The monoisotopic (exact) mass is 296 g/mol. The molecule has 2 rings (SSSR count). The molecule has 0 amide bonds. The van der Waals surface area contributed by atoms with Gasteiger partial charge in [0.1, 0.15) is 17.9 Å². The molecule has 0 atom stereocenters. The molecule has 0 N–H and O–H groups in total. The lowest BCUT2D eigenvalue weighted by Crippen LogP contribution is -2.09. The van der Waals surface area contributed by atoms with Gasteiger partial charge in [-0.15, -0.1) is 0 Å². The highest BCUT2D eigenvalue weighted by molar-refractivity contribution is 5.75. The number of alkyl halides is 2. The lowest BCUT2D eigenvalue weighted by molar-refractivity contribution is -0.107. The van der Waals surface area contributed by atoms with Crippen LogP contribution in [0.5, 0.6) is 0 Å². The molecule has 1 aliphatic rings. The third kappa shape index (κ3) is 3.74. The molecular formula is C16H15F3O2. The Bertz CT molecular complexity index is 583. The molecule has 1 aliphatic carbocycles. The van der Waals surface area contributed by atoms with Crippen LogP contribution in [0.4, 0.5) is 13.2 Å². The quantitative estimate of drug-likeness (QED) is 0.765. The van der Waals surface area contributed by atoms with E-state index in [4.69, 9.17) is 0 Å². The van der Waals surface area contributed by atoms with Gasteiger partial charge >= 0.3 is 6.61 Å². The average Bonchev–Trinajstić information content (AvgIpc) is 2.43. The van der Waals surface area contributed by atoms with Crippen molar-refractivity contribution in [3.8, 4) is 0 Å². The smallest absolute Gasteiger partial charge is 0.387 e. The lowest BCUT2D eigenvalue weighted by Gasteiger charge is -2.18. The van der Waals surface area contributed by atoms with Gasteiger partial charge in [0, 0.05) is 5.57 Å². The zero-order valence-corrected chi connectivity index (χ0v) is 11.5. The first-order chi connectivity index (χ1) is 10.0. The summed E-state index contributed by atoms with van der Waals surface area (Å²) >= 11 is 0. The van der Waals surface area contributed by atoms with Gasteiger partial charge in [-0.3, -0.25) is 4.79 Å². The van der Waals surface area contributed by atoms with Crippen LogP contribution in [0.2, 0.25) is 0 Å². The largest absolute Gasteiger partial charge is 0.434 e. The molecule has 112 valence electrons. The maximum Gasteiger partial charge on any atom is 0.387 e. The highest BCUT2D eigenvalue weighted by atomic mass is 19.3. The van der Waals surface area contributed by atoms with Gasteiger partial charge in [-0.2, -0.15) is 8.78 Å². The van der Waals surface area contributed by atoms with E-state index >= 15 is 0 Å². The number of aldehydes is 1. The van der Waals surface area contributed by atoms with E-state index < -0.39 is 6.61 Å². The molecule has 1 aromatic rings. The molecule has 2 nitrogen and oxygen atoms in total. The van der Waals surface area contributed by atoms with Gasteiger partial charge in [-0.05, 0) is 49.5 Å². The third-order valence-electron chi connectivity index (χ3n) is 3.48. The zero-order chi connectivity index (χ0) is 15.4. The van der Waals surface area contributed by atoms with Crippen molar-refractivity contribution < 1.29 is 22.7 Å². The Morgan fingerprint density at radius 1 is 1.33 bits per heavy atom. The van der Waals surface area contributed by atoms with Gasteiger partial charge in [-0.25, -0.2) is 4.39 Å². The fourth-order valence-corrected chi connectivity index (χ4v) is 2.35. The Balaban J connectivity index is 2.27.